The summed E-state index contributed by atoms with van der Waals surface area (Å²) in [6.07, 6.45) is 20.1. The molecule has 0 saturated heterocycles. The lowest BCUT2D eigenvalue weighted by molar-refractivity contribution is -0.0521. The van der Waals surface area contributed by atoms with E-state index in [1.165, 1.54) is 66.1 Å². The first-order valence-electron chi connectivity index (χ1n) is 18.5. The Kier molecular flexibility index (Phi) is 9.02. The molecule has 0 radical (unpaired) electrons. The summed E-state index contributed by atoms with van der Waals surface area (Å²) < 4.78 is 0. The van der Waals surface area contributed by atoms with Crippen LogP contribution in [0.25, 0.3) is 0 Å². The maximum absolute atomic E-state index is 4.92. The molecule has 3 aromatic carbocycles. The van der Waals surface area contributed by atoms with E-state index < -0.39 is 7.92 Å². The van der Waals surface area contributed by atoms with Gasteiger partial charge in [0, 0.05) is 49.7 Å². The van der Waals surface area contributed by atoms with Crippen molar-refractivity contribution in [3.63, 3.8) is 0 Å². The minimum absolute atomic E-state index is 0.175. The molecule has 4 aliphatic carbocycles. The lowest BCUT2D eigenvalue weighted by Crippen LogP contribution is -2.56. The molecule has 2 heterocycles. The molecule has 4 atom stereocenters. The van der Waals surface area contributed by atoms with Gasteiger partial charge in [-0.2, -0.15) is 0 Å². The van der Waals surface area contributed by atoms with E-state index in [4.69, 9.17) is 9.97 Å². The van der Waals surface area contributed by atoms with E-state index in [0.29, 0.717) is 5.92 Å². The Bertz CT molecular complexity index is 1880. The van der Waals surface area contributed by atoms with Gasteiger partial charge in [0.15, 0.2) is 0 Å². The molecule has 4 nitrogen and oxygen atoms in total. The number of aromatic nitrogens is 4. The summed E-state index contributed by atoms with van der Waals surface area (Å²) in [5, 5.41) is 0. The highest BCUT2D eigenvalue weighted by Crippen LogP contribution is 2.65. The first-order valence-corrected chi connectivity index (χ1v) is 20.8. The van der Waals surface area contributed by atoms with Crippen LogP contribution in [-0.2, 0) is 22.4 Å². The van der Waals surface area contributed by atoms with Crippen molar-refractivity contribution < 1.29 is 0 Å². The molecule has 4 bridgehead atoms. The molecule has 4 saturated carbocycles. The van der Waals surface area contributed by atoms with Crippen LogP contribution in [0.5, 0.6) is 0 Å². The average Bonchev–Trinajstić information content (AvgIpc) is 3.14. The zero-order valence-corrected chi connectivity index (χ0v) is 32.0. The molecule has 9 rings (SSSR count). The van der Waals surface area contributed by atoms with Crippen LogP contribution in [0.2, 0.25) is 0 Å². The second-order valence-electron chi connectivity index (χ2n) is 16.4. The van der Waals surface area contributed by atoms with Gasteiger partial charge in [0.25, 0.3) is 0 Å². The van der Waals surface area contributed by atoms with Gasteiger partial charge in [0.1, 0.15) is 0 Å². The Labute approximate surface area is 302 Å². The Morgan fingerprint density at radius 1 is 0.700 bits per heavy atom. The molecular formula is C44H50N4P2. The normalized spacial score (nSPS) is 24.5. The summed E-state index contributed by atoms with van der Waals surface area (Å²) in [5.41, 5.74) is 10.4. The molecule has 50 heavy (non-hydrogen) atoms. The van der Waals surface area contributed by atoms with Gasteiger partial charge < -0.3 is 0 Å². The molecule has 6 heteroatoms. The minimum atomic E-state index is -0.940. The van der Waals surface area contributed by atoms with Crippen LogP contribution in [0.15, 0.2) is 110 Å². The second kappa shape index (κ2) is 13.3. The fourth-order valence-corrected chi connectivity index (χ4v) is 13.4. The smallest absolute Gasteiger partial charge is 0.0877 e. The van der Waals surface area contributed by atoms with Crippen LogP contribution >= 0.6 is 17.2 Å². The minimum Gasteiger partial charge on any atom is -0.261 e. The van der Waals surface area contributed by atoms with Gasteiger partial charge in [-0.25, -0.2) is 0 Å². The molecule has 0 aliphatic heterocycles. The van der Waals surface area contributed by atoms with Crippen LogP contribution in [0.3, 0.4) is 0 Å². The summed E-state index contributed by atoms with van der Waals surface area (Å²) in [6, 6.07) is 27.7. The van der Waals surface area contributed by atoms with Crippen molar-refractivity contribution in [1.82, 2.24) is 19.9 Å². The third-order valence-electron chi connectivity index (χ3n) is 12.9. The summed E-state index contributed by atoms with van der Waals surface area (Å²) in [6.45, 7) is 9.75. The quantitative estimate of drug-likeness (QED) is 0.137. The van der Waals surface area contributed by atoms with Gasteiger partial charge in [-0.3, -0.25) is 19.9 Å². The average molecular weight is 697 g/mol. The predicted molar refractivity (Wildman–Crippen MR) is 211 cm³/mol. The van der Waals surface area contributed by atoms with Gasteiger partial charge in [-0.1, -0.05) is 100 Å². The van der Waals surface area contributed by atoms with Gasteiger partial charge in [0.2, 0.25) is 0 Å². The molecule has 256 valence electrons. The molecule has 0 N–H and O–H groups in total. The van der Waals surface area contributed by atoms with Gasteiger partial charge in [0.05, 0.1) is 23.3 Å². The largest absolute Gasteiger partial charge is 0.261 e. The molecule has 4 unspecified atom stereocenters. The number of benzene rings is 3. The Morgan fingerprint density at radius 2 is 1.22 bits per heavy atom. The second-order valence-corrected chi connectivity index (χ2v) is 18.9. The van der Waals surface area contributed by atoms with Crippen molar-refractivity contribution in [3.8, 4) is 0 Å². The third kappa shape index (κ3) is 5.85. The van der Waals surface area contributed by atoms with E-state index in [2.05, 4.69) is 120 Å². The van der Waals surface area contributed by atoms with Gasteiger partial charge in [-0.15, -0.1) is 9.24 Å². The molecule has 0 amide bonds. The van der Waals surface area contributed by atoms with E-state index in [-0.39, 0.29) is 16.2 Å². The molecule has 5 aromatic rings. The summed E-state index contributed by atoms with van der Waals surface area (Å²) in [5.74, 6) is 3.17. The Morgan fingerprint density at radius 3 is 1.70 bits per heavy atom. The van der Waals surface area contributed by atoms with Gasteiger partial charge in [-0.05, 0) is 101 Å². The lowest BCUT2D eigenvalue weighted by Gasteiger charge is -2.62. The van der Waals surface area contributed by atoms with Crippen molar-refractivity contribution in [1.29, 1.82) is 0 Å². The topological polar surface area (TPSA) is 51.6 Å². The zero-order chi connectivity index (χ0) is 34.5. The van der Waals surface area contributed by atoms with E-state index in [1.54, 1.807) is 18.0 Å². The van der Waals surface area contributed by atoms with E-state index >= 15 is 0 Å². The number of hydrogen-bond acceptors (Lipinski definition) is 4. The van der Waals surface area contributed by atoms with E-state index in [1.807, 2.05) is 24.8 Å². The van der Waals surface area contributed by atoms with Crippen molar-refractivity contribution >= 4 is 28.0 Å². The lowest BCUT2D eigenvalue weighted by atomic mass is 9.43. The van der Waals surface area contributed by atoms with Crippen molar-refractivity contribution in [3.05, 3.63) is 143 Å². The molecule has 4 aliphatic rings. The number of hydrogen-bond donors (Lipinski definition) is 0. The SMILES string of the molecule is CC(C)(c1ccccc1)c1cc(CP(c2cnccn2)c2cnccn2)c(C23CC4CC(CC(C4)C2CP)C3)cc1C(C)(C)c1ccccc1. The van der Waals surface area contributed by atoms with Crippen LogP contribution in [-0.4, -0.2) is 26.1 Å². The first-order chi connectivity index (χ1) is 24.2. The van der Waals surface area contributed by atoms with E-state index in [9.17, 15) is 0 Å². The summed E-state index contributed by atoms with van der Waals surface area (Å²) >= 11 is 0. The highest BCUT2D eigenvalue weighted by atomic mass is 31.1. The van der Waals surface area contributed by atoms with Crippen LogP contribution in [0, 0.1) is 23.7 Å². The fourth-order valence-electron chi connectivity index (χ4n) is 10.6. The van der Waals surface area contributed by atoms with Gasteiger partial charge >= 0.3 is 0 Å². The molecule has 2 aromatic heterocycles. The number of rotatable bonds is 10. The first kappa shape index (κ1) is 33.8. The summed E-state index contributed by atoms with van der Waals surface area (Å²) in [4.78, 5) is 18.9. The van der Waals surface area contributed by atoms with Crippen molar-refractivity contribution in [2.75, 3.05) is 6.16 Å². The van der Waals surface area contributed by atoms with Crippen LogP contribution in [0.1, 0.15) is 93.2 Å². The number of nitrogens with zero attached hydrogens (tertiary/aromatic N) is 4. The zero-order valence-electron chi connectivity index (χ0n) is 30.0. The molecule has 0 spiro atoms. The highest BCUT2D eigenvalue weighted by molar-refractivity contribution is 7.71. The van der Waals surface area contributed by atoms with Crippen LogP contribution in [0.4, 0.5) is 0 Å². The molecule has 4 fully saturated rings. The van der Waals surface area contributed by atoms with Crippen molar-refractivity contribution in [2.45, 2.75) is 82.2 Å². The Hall–Kier alpha value is -3.32. The molecular weight excluding hydrogens is 646 g/mol. The third-order valence-corrected chi connectivity index (χ3v) is 15.6. The Balaban J connectivity index is 1.41. The van der Waals surface area contributed by atoms with E-state index in [0.717, 1.165) is 34.8 Å². The standard InChI is InChI=1S/C44H50N4P2/c1-42(2,34-11-7-5-8-12-34)37-22-33(29-50(40-26-45-15-17-47-40)41-27-46-16-18-48-41)36(23-38(37)43(3,4)35-13-9-6-10-14-35)44-24-30-19-31(25-44)21-32(20-30)39(44)28-49/h5-18,22-23,26-27,30-32,39H,19-21,24-25,28-29,49H2,1-4H3. The predicted octanol–water partition coefficient (Wildman–Crippen LogP) is 9.12. The van der Waals surface area contributed by atoms with Crippen LogP contribution < -0.4 is 10.9 Å². The summed E-state index contributed by atoms with van der Waals surface area (Å²) in [7, 11) is 2.27. The fraction of sp³-hybridized carbons (Fsp3) is 0.409. The maximum atomic E-state index is 4.92. The maximum Gasteiger partial charge on any atom is 0.0877 e. The van der Waals surface area contributed by atoms with Crippen molar-refractivity contribution in [2.24, 2.45) is 23.7 Å². The monoisotopic (exact) mass is 696 g/mol. The highest BCUT2D eigenvalue weighted by Gasteiger charge is 2.57.